The van der Waals surface area contributed by atoms with Crippen LogP contribution in [0.3, 0.4) is 0 Å². The lowest BCUT2D eigenvalue weighted by molar-refractivity contribution is -0.115. The molecule has 1 N–H and O–H groups in total. The van der Waals surface area contributed by atoms with Gasteiger partial charge in [-0.2, -0.15) is 0 Å². The number of nitrogens with zero attached hydrogens (tertiary/aromatic N) is 2. The summed E-state index contributed by atoms with van der Waals surface area (Å²) in [5.74, 6) is 1.13. The van der Waals surface area contributed by atoms with Gasteiger partial charge in [0, 0.05) is 19.8 Å². The van der Waals surface area contributed by atoms with Gasteiger partial charge in [-0.25, -0.2) is 4.79 Å². The number of hydrogen-bond acceptors (Lipinski definition) is 4. The minimum atomic E-state index is -0.413. The van der Waals surface area contributed by atoms with Gasteiger partial charge in [0.1, 0.15) is 11.5 Å². The van der Waals surface area contributed by atoms with Crippen molar-refractivity contribution < 1.29 is 9.53 Å². The molecule has 4 rings (SSSR count). The predicted octanol–water partition coefficient (Wildman–Crippen LogP) is 3.52. The van der Waals surface area contributed by atoms with Crippen LogP contribution in [-0.4, -0.2) is 15.0 Å². The summed E-state index contributed by atoms with van der Waals surface area (Å²) in [6.07, 6.45) is 0.00635. The van der Waals surface area contributed by atoms with Gasteiger partial charge in [0.2, 0.25) is 5.91 Å². The van der Waals surface area contributed by atoms with E-state index in [-0.39, 0.29) is 12.3 Å². The molecule has 32 heavy (non-hydrogen) atoms. The Morgan fingerprint density at radius 2 is 1.50 bits per heavy atom. The fourth-order valence-corrected chi connectivity index (χ4v) is 3.57. The molecule has 0 aliphatic heterocycles. The second-order valence-electron chi connectivity index (χ2n) is 7.68. The van der Waals surface area contributed by atoms with Crippen molar-refractivity contribution in [3.05, 3.63) is 98.7 Å². The molecule has 0 fully saturated rings. The highest BCUT2D eigenvalue weighted by Crippen LogP contribution is 2.23. The van der Waals surface area contributed by atoms with Gasteiger partial charge in [0.15, 0.2) is 0 Å². The Hall–Kier alpha value is -4.13. The number of benzene rings is 3. The molecule has 0 aliphatic carbocycles. The van der Waals surface area contributed by atoms with E-state index in [0.29, 0.717) is 27.9 Å². The molecular weight excluding hydrogens is 406 g/mol. The molecule has 0 saturated heterocycles. The Kier molecular flexibility index (Phi) is 5.64. The first-order valence-electron chi connectivity index (χ1n) is 10.2. The van der Waals surface area contributed by atoms with Crippen LogP contribution in [0.4, 0.5) is 5.69 Å². The average Bonchev–Trinajstić information content (AvgIpc) is 2.79. The van der Waals surface area contributed by atoms with Crippen molar-refractivity contribution in [2.24, 2.45) is 14.1 Å². The summed E-state index contributed by atoms with van der Waals surface area (Å²) < 4.78 is 8.26. The number of anilines is 1. The fourth-order valence-electron chi connectivity index (χ4n) is 3.57. The van der Waals surface area contributed by atoms with E-state index in [0.717, 1.165) is 15.9 Å². The van der Waals surface area contributed by atoms with Crippen LogP contribution in [0.15, 0.2) is 76.3 Å². The fraction of sp³-hybridized carbons (Fsp3) is 0.160. The predicted molar refractivity (Wildman–Crippen MR) is 124 cm³/mol. The number of hydrogen-bond donors (Lipinski definition) is 1. The minimum absolute atomic E-state index is 0.00635. The molecule has 1 aromatic heterocycles. The van der Waals surface area contributed by atoms with E-state index in [1.807, 2.05) is 31.2 Å². The summed E-state index contributed by atoms with van der Waals surface area (Å²) >= 11 is 0. The highest BCUT2D eigenvalue weighted by molar-refractivity contribution is 5.95. The zero-order chi connectivity index (χ0) is 22.8. The number of aryl methyl sites for hydroxylation is 2. The lowest BCUT2D eigenvalue weighted by Gasteiger charge is -2.12. The zero-order valence-electron chi connectivity index (χ0n) is 18.1. The Morgan fingerprint density at radius 3 is 2.16 bits per heavy atom. The molecule has 0 unspecified atom stereocenters. The van der Waals surface area contributed by atoms with E-state index in [9.17, 15) is 14.4 Å². The van der Waals surface area contributed by atoms with Crippen LogP contribution in [-0.2, 0) is 25.3 Å². The summed E-state index contributed by atoms with van der Waals surface area (Å²) in [7, 11) is 3.04. The van der Waals surface area contributed by atoms with Crippen LogP contribution in [0.1, 0.15) is 11.1 Å². The van der Waals surface area contributed by atoms with Crippen molar-refractivity contribution in [1.82, 2.24) is 9.13 Å². The van der Waals surface area contributed by atoms with Gasteiger partial charge in [-0.05, 0) is 55.0 Å². The molecule has 0 spiro atoms. The number of carbonyl (C=O) groups excluding carboxylic acids is 1. The van der Waals surface area contributed by atoms with Gasteiger partial charge in [-0.1, -0.05) is 29.8 Å². The summed E-state index contributed by atoms with van der Waals surface area (Å²) in [6, 6.07) is 20.0. The molecule has 0 aliphatic rings. The van der Waals surface area contributed by atoms with Gasteiger partial charge >= 0.3 is 5.69 Å². The summed E-state index contributed by atoms with van der Waals surface area (Å²) in [5, 5.41) is 3.21. The van der Waals surface area contributed by atoms with E-state index in [1.54, 1.807) is 49.5 Å². The van der Waals surface area contributed by atoms with Gasteiger partial charge < -0.3 is 10.1 Å². The Balaban J connectivity index is 1.51. The first-order valence-corrected chi connectivity index (χ1v) is 10.2. The third kappa shape index (κ3) is 4.18. The Labute approximate surface area is 184 Å². The Bertz CT molecular complexity index is 1420. The third-order valence-corrected chi connectivity index (χ3v) is 5.33. The summed E-state index contributed by atoms with van der Waals surface area (Å²) in [6.45, 7) is 2.01. The van der Waals surface area contributed by atoms with Crippen molar-refractivity contribution >= 4 is 22.5 Å². The first kappa shape index (κ1) is 21.1. The monoisotopic (exact) mass is 429 g/mol. The largest absolute Gasteiger partial charge is 0.457 e. The van der Waals surface area contributed by atoms with Gasteiger partial charge in [0.05, 0.1) is 17.3 Å². The van der Waals surface area contributed by atoms with Gasteiger partial charge in [0.25, 0.3) is 5.56 Å². The SMILES string of the molecule is Cc1ccc(Oc2ccc(NC(=O)Cc3cccc4c3c(=O)n(C)c(=O)n4C)cc2)cc1. The number of rotatable bonds is 5. The van der Waals surface area contributed by atoms with Crippen LogP contribution in [0.5, 0.6) is 11.5 Å². The number of fused-ring (bicyclic) bond motifs is 1. The molecule has 1 heterocycles. The number of amides is 1. The molecule has 3 aromatic carbocycles. The third-order valence-electron chi connectivity index (χ3n) is 5.33. The standard InChI is InChI=1S/C25H23N3O4/c1-16-7-11-19(12-8-16)32-20-13-9-18(10-14-20)26-22(29)15-17-5-4-6-21-23(17)24(30)28(3)25(31)27(21)2/h4-14H,15H2,1-3H3,(H,26,29). The molecule has 7 nitrogen and oxygen atoms in total. The summed E-state index contributed by atoms with van der Waals surface area (Å²) in [4.78, 5) is 37.5. The lowest BCUT2D eigenvalue weighted by atomic mass is 10.1. The van der Waals surface area contributed by atoms with Crippen LogP contribution in [0.2, 0.25) is 0 Å². The van der Waals surface area contributed by atoms with E-state index >= 15 is 0 Å². The van der Waals surface area contributed by atoms with Crippen molar-refractivity contribution in [1.29, 1.82) is 0 Å². The molecular formula is C25H23N3O4. The Morgan fingerprint density at radius 1 is 0.875 bits per heavy atom. The van der Waals surface area contributed by atoms with E-state index < -0.39 is 11.2 Å². The number of nitrogens with one attached hydrogen (secondary N) is 1. The average molecular weight is 429 g/mol. The van der Waals surface area contributed by atoms with Crippen molar-refractivity contribution in [2.75, 3.05) is 5.32 Å². The molecule has 7 heteroatoms. The smallest absolute Gasteiger partial charge is 0.330 e. The quantitative estimate of drug-likeness (QED) is 0.526. The minimum Gasteiger partial charge on any atom is -0.457 e. The zero-order valence-corrected chi connectivity index (χ0v) is 18.1. The van der Waals surface area contributed by atoms with E-state index in [1.165, 1.54) is 11.6 Å². The van der Waals surface area contributed by atoms with E-state index in [2.05, 4.69) is 5.32 Å². The first-order chi connectivity index (χ1) is 15.3. The molecule has 162 valence electrons. The number of carbonyl (C=O) groups is 1. The summed E-state index contributed by atoms with van der Waals surface area (Å²) in [5.41, 5.74) is 2.02. The van der Waals surface area contributed by atoms with Crippen molar-refractivity contribution in [3.8, 4) is 11.5 Å². The molecule has 0 atom stereocenters. The number of ether oxygens (including phenoxy) is 1. The molecule has 4 aromatic rings. The van der Waals surface area contributed by atoms with Crippen LogP contribution in [0.25, 0.3) is 10.9 Å². The molecule has 0 radical (unpaired) electrons. The van der Waals surface area contributed by atoms with Gasteiger partial charge in [-0.3, -0.25) is 18.7 Å². The van der Waals surface area contributed by atoms with Crippen molar-refractivity contribution in [2.45, 2.75) is 13.3 Å². The second-order valence-corrected chi connectivity index (χ2v) is 7.68. The van der Waals surface area contributed by atoms with Crippen LogP contribution >= 0.6 is 0 Å². The van der Waals surface area contributed by atoms with Crippen molar-refractivity contribution in [3.63, 3.8) is 0 Å². The van der Waals surface area contributed by atoms with E-state index in [4.69, 9.17) is 4.74 Å². The maximum absolute atomic E-state index is 12.7. The highest BCUT2D eigenvalue weighted by Gasteiger charge is 2.14. The molecule has 0 bridgehead atoms. The maximum Gasteiger partial charge on any atom is 0.330 e. The molecule has 1 amide bonds. The second kappa shape index (κ2) is 8.55. The normalized spacial score (nSPS) is 10.8. The number of aromatic nitrogens is 2. The van der Waals surface area contributed by atoms with Crippen LogP contribution < -0.4 is 21.3 Å². The maximum atomic E-state index is 12.7. The van der Waals surface area contributed by atoms with Crippen LogP contribution in [0, 0.1) is 6.92 Å². The van der Waals surface area contributed by atoms with Gasteiger partial charge in [-0.15, -0.1) is 0 Å². The lowest BCUT2D eigenvalue weighted by Crippen LogP contribution is -2.37. The highest BCUT2D eigenvalue weighted by atomic mass is 16.5. The topological polar surface area (TPSA) is 82.3 Å². The molecule has 0 saturated carbocycles.